The molecule has 0 heterocycles. The molecule has 0 radical (unpaired) electrons. The molecule has 0 spiro atoms. The van der Waals surface area contributed by atoms with Gasteiger partial charge in [0, 0.05) is 40.7 Å². The third-order valence-electron chi connectivity index (χ3n) is 14.1. The minimum Gasteiger partial charge on any atom is -0.349 e. The van der Waals surface area contributed by atoms with E-state index in [0.29, 0.717) is 11.8 Å². The summed E-state index contributed by atoms with van der Waals surface area (Å²) >= 11 is 0. The monoisotopic (exact) mass is 993 g/mol. The molecule has 0 aliphatic heterocycles. The van der Waals surface area contributed by atoms with Gasteiger partial charge in [-0.15, -0.1) is 0 Å². The highest BCUT2D eigenvalue weighted by molar-refractivity contribution is 5.87. The Labute approximate surface area is 447 Å². The van der Waals surface area contributed by atoms with E-state index in [2.05, 4.69) is 76.3 Å². The molecule has 4 heteroatoms. The molecule has 0 aliphatic rings. The molecule has 0 aromatic heterocycles. The molecule has 0 rings (SSSR count). The number of hydrogen-bond donors (Lipinski definition) is 0. The molecule has 0 aromatic carbocycles. The average molecular weight is 994 g/mol. The molecular formula is C67H128N2O2. The maximum absolute atomic E-state index is 12.3. The van der Waals surface area contributed by atoms with Crippen LogP contribution >= 0.6 is 0 Å². The largest absolute Gasteiger partial charge is 0.349 e. The number of allylic oxidation sites excluding steroid dienone is 9. The maximum atomic E-state index is 12.3. The lowest BCUT2D eigenvalue weighted by Gasteiger charge is -2.19. The van der Waals surface area contributed by atoms with Gasteiger partial charge in [0.1, 0.15) is 0 Å². The highest BCUT2D eigenvalue weighted by Crippen LogP contribution is 2.24. The summed E-state index contributed by atoms with van der Waals surface area (Å²) in [5.74, 6) is 1.06. The second-order valence-corrected chi connectivity index (χ2v) is 21.6. The van der Waals surface area contributed by atoms with E-state index in [1.54, 1.807) is 9.80 Å². The van der Waals surface area contributed by atoms with E-state index in [1.165, 1.54) is 262 Å². The molecule has 71 heavy (non-hydrogen) atoms. The van der Waals surface area contributed by atoms with Gasteiger partial charge in [0.25, 0.3) is 0 Å². The first-order chi connectivity index (χ1) is 34.2. The SMILES string of the molecule is C.CCCCC/C=C\C/C=C\CCCCCCCCC/C(=C/C(=O)N(C)C)CCCCCCCCC.CCCCC/C=C\C/C=C\CCCCCCCCCC(CCCCCCCCC)CC(=O)N(C)C. The molecule has 0 aliphatic carbocycles. The van der Waals surface area contributed by atoms with Crippen LogP contribution in [0.15, 0.2) is 60.3 Å². The lowest BCUT2D eigenvalue weighted by Crippen LogP contribution is -2.24. The van der Waals surface area contributed by atoms with Gasteiger partial charge in [0.15, 0.2) is 0 Å². The van der Waals surface area contributed by atoms with E-state index in [0.717, 1.165) is 32.1 Å². The molecule has 4 nitrogen and oxygen atoms in total. The molecule has 0 bridgehead atoms. The third-order valence-corrected chi connectivity index (χ3v) is 14.1. The van der Waals surface area contributed by atoms with Gasteiger partial charge in [-0.3, -0.25) is 9.59 Å². The van der Waals surface area contributed by atoms with Crippen molar-refractivity contribution in [1.82, 2.24) is 9.80 Å². The Morgan fingerprint density at radius 3 is 0.958 bits per heavy atom. The highest BCUT2D eigenvalue weighted by atomic mass is 16.2. The van der Waals surface area contributed by atoms with Gasteiger partial charge >= 0.3 is 0 Å². The van der Waals surface area contributed by atoms with E-state index >= 15 is 0 Å². The number of hydrogen-bond acceptors (Lipinski definition) is 2. The predicted octanol–water partition coefficient (Wildman–Crippen LogP) is 22.2. The lowest BCUT2D eigenvalue weighted by atomic mass is 9.91. The number of likely N-dealkylation sites (N-methyl/N-ethyl adjacent to an activating group) is 1. The van der Waals surface area contributed by atoms with Crippen LogP contribution in [0.4, 0.5) is 0 Å². The molecule has 0 fully saturated rings. The molecule has 0 saturated carbocycles. The van der Waals surface area contributed by atoms with Crippen molar-refractivity contribution in [2.24, 2.45) is 5.92 Å². The average Bonchev–Trinajstić information content (AvgIpc) is 3.35. The summed E-state index contributed by atoms with van der Waals surface area (Å²) in [6, 6.07) is 0. The summed E-state index contributed by atoms with van der Waals surface area (Å²) < 4.78 is 0. The van der Waals surface area contributed by atoms with Crippen LogP contribution in [0, 0.1) is 5.92 Å². The van der Waals surface area contributed by atoms with Crippen LogP contribution in [0.1, 0.15) is 324 Å². The summed E-state index contributed by atoms with van der Waals surface area (Å²) in [6.45, 7) is 9.07. The molecule has 0 saturated heterocycles. The topological polar surface area (TPSA) is 40.6 Å². The van der Waals surface area contributed by atoms with Crippen molar-refractivity contribution in [3.63, 3.8) is 0 Å². The van der Waals surface area contributed by atoms with E-state index < -0.39 is 0 Å². The minimum absolute atomic E-state index is 0. The Bertz CT molecular complexity index is 1220. The van der Waals surface area contributed by atoms with Crippen molar-refractivity contribution in [3.05, 3.63) is 60.3 Å². The third kappa shape index (κ3) is 60.1. The van der Waals surface area contributed by atoms with Crippen LogP contribution in [0.5, 0.6) is 0 Å². The fourth-order valence-electron chi connectivity index (χ4n) is 9.17. The minimum atomic E-state index is 0. The quantitative estimate of drug-likeness (QED) is 0.0346. The van der Waals surface area contributed by atoms with E-state index in [4.69, 9.17) is 0 Å². The Morgan fingerprint density at radius 2 is 0.634 bits per heavy atom. The van der Waals surface area contributed by atoms with Crippen molar-refractivity contribution < 1.29 is 9.59 Å². The van der Waals surface area contributed by atoms with Crippen LogP contribution in [0.25, 0.3) is 0 Å². The highest BCUT2D eigenvalue weighted by Gasteiger charge is 2.15. The Kier molecular flexibility index (Phi) is 63.6. The van der Waals surface area contributed by atoms with Crippen molar-refractivity contribution in [1.29, 1.82) is 0 Å². The normalized spacial score (nSPS) is 12.3. The van der Waals surface area contributed by atoms with Crippen LogP contribution in [0.2, 0.25) is 0 Å². The summed E-state index contributed by atoms with van der Waals surface area (Å²) in [5.41, 5.74) is 1.37. The Hall–Kier alpha value is -2.36. The van der Waals surface area contributed by atoms with Gasteiger partial charge in [0.2, 0.25) is 11.8 Å². The molecule has 1 unspecified atom stereocenters. The molecule has 1 atom stereocenters. The predicted molar refractivity (Wildman–Crippen MR) is 323 cm³/mol. The summed E-state index contributed by atoms with van der Waals surface area (Å²) in [7, 11) is 7.50. The zero-order chi connectivity index (χ0) is 51.6. The van der Waals surface area contributed by atoms with Crippen LogP contribution < -0.4 is 0 Å². The molecule has 0 aromatic rings. The first-order valence-corrected chi connectivity index (χ1v) is 30.9. The molecule has 2 amide bonds. The number of carbonyl (C=O) groups excluding carboxylic acids is 2. The number of rotatable bonds is 51. The second-order valence-electron chi connectivity index (χ2n) is 21.6. The number of carbonyl (C=O) groups is 2. The second kappa shape index (κ2) is 61.9. The van der Waals surface area contributed by atoms with Crippen molar-refractivity contribution in [2.75, 3.05) is 28.2 Å². The number of nitrogens with zero attached hydrogens (tertiary/aromatic N) is 2. The summed E-state index contributed by atoms with van der Waals surface area (Å²) in [5, 5.41) is 0. The zero-order valence-electron chi connectivity index (χ0n) is 48.8. The lowest BCUT2D eigenvalue weighted by molar-refractivity contribution is -0.129. The van der Waals surface area contributed by atoms with Crippen LogP contribution in [0.3, 0.4) is 0 Å². The van der Waals surface area contributed by atoms with E-state index in [1.807, 2.05) is 34.3 Å². The van der Waals surface area contributed by atoms with Crippen molar-refractivity contribution >= 4 is 11.8 Å². The van der Waals surface area contributed by atoms with E-state index in [-0.39, 0.29) is 13.3 Å². The number of amides is 2. The Morgan fingerprint density at radius 1 is 0.352 bits per heavy atom. The fourth-order valence-corrected chi connectivity index (χ4v) is 9.17. The van der Waals surface area contributed by atoms with Gasteiger partial charge in [-0.2, -0.15) is 0 Å². The molecule has 418 valence electrons. The van der Waals surface area contributed by atoms with Gasteiger partial charge in [-0.25, -0.2) is 0 Å². The first kappa shape index (κ1) is 72.9. The van der Waals surface area contributed by atoms with Crippen LogP contribution in [-0.4, -0.2) is 49.8 Å². The summed E-state index contributed by atoms with van der Waals surface area (Å²) in [6.07, 6.45) is 78.9. The van der Waals surface area contributed by atoms with Crippen LogP contribution in [-0.2, 0) is 9.59 Å². The zero-order valence-corrected chi connectivity index (χ0v) is 48.8. The van der Waals surface area contributed by atoms with Gasteiger partial charge in [0.05, 0.1) is 0 Å². The first-order valence-electron chi connectivity index (χ1n) is 30.9. The van der Waals surface area contributed by atoms with Gasteiger partial charge in [-0.05, 0) is 109 Å². The molecule has 0 N–H and O–H groups in total. The fraction of sp³-hybridized carbons (Fsp3) is 0.821. The molecular weight excluding hydrogens is 865 g/mol. The summed E-state index contributed by atoms with van der Waals surface area (Å²) in [4.78, 5) is 27.9. The van der Waals surface area contributed by atoms with E-state index in [9.17, 15) is 9.59 Å². The smallest absolute Gasteiger partial charge is 0.245 e. The van der Waals surface area contributed by atoms with Gasteiger partial charge < -0.3 is 9.80 Å². The Balaban J connectivity index is -0.00000128. The van der Waals surface area contributed by atoms with Crippen molar-refractivity contribution in [3.8, 4) is 0 Å². The number of unbranched alkanes of at least 4 members (excludes halogenated alkanes) is 32. The standard InChI is InChI=1S/C33H63NO.C33H61NO.CH4/c2*1-5-7-9-11-13-14-15-16-17-18-19-20-21-22-24-26-28-30-32(31-33(35)34(3)4)29-27-25-23-12-10-8-6-2;/h13-14,16-17,32H,5-12,15,18-31H2,1-4H3;13-14,16-17,31H,5-12,15,18-30H2,1-4H3;1H4/b14-13-,17-16-;14-13-,17-16-,32-31+;. The maximum Gasteiger partial charge on any atom is 0.245 e. The van der Waals surface area contributed by atoms with Gasteiger partial charge in [-0.1, -0.05) is 269 Å². The van der Waals surface area contributed by atoms with Crippen molar-refractivity contribution in [2.45, 2.75) is 324 Å².